The van der Waals surface area contributed by atoms with E-state index in [2.05, 4.69) is 17.2 Å². The summed E-state index contributed by atoms with van der Waals surface area (Å²) in [7, 11) is 1.58. The van der Waals surface area contributed by atoms with E-state index in [1.54, 1.807) is 31.5 Å². The average Bonchev–Trinajstić information content (AvgIpc) is 2.79. The number of benzene rings is 2. The summed E-state index contributed by atoms with van der Waals surface area (Å²) in [6.45, 7) is 4.16. The zero-order chi connectivity index (χ0) is 21.8. The molecule has 1 aromatic heterocycles. The third-order valence-electron chi connectivity index (χ3n) is 5.24. The second kappa shape index (κ2) is 9.36. The number of methoxy groups -OCH3 is 1. The van der Waals surface area contributed by atoms with Crippen LogP contribution < -0.4 is 25.3 Å². The molecule has 0 saturated carbocycles. The number of morpholine rings is 1. The van der Waals surface area contributed by atoms with Crippen molar-refractivity contribution in [3.8, 4) is 23.0 Å². The van der Waals surface area contributed by atoms with Gasteiger partial charge in [-0.05, 0) is 30.7 Å². The van der Waals surface area contributed by atoms with Crippen molar-refractivity contribution in [2.45, 2.75) is 25.5 Å². The SMILES string of the molecule is CCC(Oc1cc2nccc(Oc3ccc(N)cc3F)c2cc1OC)C1COCCN1. The Balaban J connectivity index is 1.66. The average molecular weight is 427 g/mol. The lowest BCUT2D eigenvalue weighted by Crippen LogP contribution is -2.50. The topological polar surface area (TPSA) is 87.9 Å². The van der Waals surface area contributed by atoms with Crippen molar-refractivity contribution >= 4 is 16.6 Å². The maximum absolute atomic E-state index is 14.2. The fraction of sp³-hybridized carbons (Fsp3) is 0.348. The third kappa shape index (κ3) is 4.65. The van der Waals surface area contributed by atoms with E-state index in [9.17, 15) is 4.39 Å². The Labute approximate surface area is 180 Å². The molecule has 164 valence electrons. The van der Waals surface area contributed by atoms with Crippen molar-refractivity contribution in [3.63, 3.8) is 0 Å². The van der Waals surface area contributed by atoms with Crippen LogP contribution in [-0.2, 0) is 4.74 Å². The molecule has 8 heteroatoms. The van der Waals surface area contributed by atoms with Crippen LogP contribution in [0.4, 0.5) is 10.1 Å². The Bertz CT molecular complexity index is 1060. The van der Waals surface area contributed by atoms with Gasteiger partial charge in [-0.2, -0.15) is 0 Å². The van der Waals surface area contributed by atoms with Crippen LogP contribution in [-0.4, -0.2) is 44.0 Å². The molecule has 1 fully saturated rings. The number of halogens is 1. The van der Waals surface area contributed by atoms with Crippen LogP contribution in [0.5, 0.6) is 23.0 Å². The lowest BCUT2D eigenvalue weighted by molar-refractivity contribution is 0.0259. The number of nitrogens with two attached hydrogens (primary N) is 1. The molecule has 7 nitrogen and oxygen atoms in total. The van der Waals surface area contributed by atoms with Gasteiger partial charge in [-0.3, -0.25) is 4.98 Å². The first-order valence-electron chi connectivity index (χ1n) is 10.3. The zero-order valence-corrected chi connectivity index (χ0v) is 17.6. The van der Waals surface area contributed by atoms with Crippen molar-refractivity contribution in [2.24, 2.45) is 0 Å². The fourth-order valence-electron chi connectivity index (χ4n) is 3.62. The fourth-order valence-corrected chi connectivity index (χ4v) is 3.62. The van der Waals surface area contributed by atoms with E-state index in [0.29, 0.717) is 47.1 Å². The predicted molar refractivity (Wildman–Crippen MR) is 116 cm³/mol. The first-order valence-corrected chi connectivity index (χ1v) is 10.3. The van der Waals surface area contributed by atoms with Gasteiger partial charge in [-0.1, -0.05) is 6.92 Å². The highest BCUT2D eigenvalue weighted by atomic mass is 19.1. The van der Waals surface area contributed by atoms with Gasteiger partial charge >= 0.3 is 0 Å². The van der Waals surface area contributed by atoms with E-state index in [0.717, 1.165) is 13.0 Å². The molecular formula is C23H26FN3O4. The van der Waals surface area contributed by atoms with Crippen LogP contribution in [0.1, 0.15) is 13.3 Å². The number of nitrogens with zero attached hydrogens (tertiary/aromatic N) is 1. The van der Waals surface area contributed by atoms with Gasteiger partial charge in [-0.15, -0.1) is 0 Å². The summed E-state index contributed by atoms with van der Waals surface area (Å²) < 4.78 is 37.5. The summed E-state index contributed by atoms with van der Waals surface area (Å²) >= 11 is 0. The molecule has 0 radical (unpaired) electrons. The zero-order valence-electron chi connectivity index (χ0n) is 17.6. The van der Waals surface area contributed by atoms with Crippen molar-refractivity contribution in [2.75, 3.05) is 32.6 Å². The predicted octanol–water partition coefficient (Wildman–Crippen LogP) is 3.90. The number of aromatic nitrogens is 1. The molecule has 0 amide bonds. The second-order valence-electron chi connectivity index (χ2n) is 7.32. The Kier molecular flexibility index (Phi) is 6.39. The molecule has 2 aromatic carbocycles. The quantitative estimate of drug-likeness (QED) is 0.553. The maximum Gasteiger partial charge on any atom is 0.167 e. The summed E-state index contributed by atoms with van der Waals surface area (Å²) in [5.41, 5.74) is 6.60. The monoisotopic (exact) mass is 427 g/mol. The number of nitrogen functional groups attached to an aromatic ring is 1. The molecule has 3 aromatic rings. The van der Waals surface area contributed by atoms with Crippen LogP contribution in [0, 0.1) is 5.82 Å². The van der Waals surface area contributed by atoms with Crippen molar-refractivity contribution in [3.05, 3.63) is 48.4 Å². The number of ether oxygens (including phenoxy) is 4. The summed E-state index contributed by atoms with van der Waals surface area (Å²) in [6, 6.07) is 9.68. The molecule has 0 bridgehead atoms. The number of pyridine rings is 1. The number of hydrogen-bond acceptors (Lipinski definition) is 7. The van der Waals surface area contributed by atoms with Gasteiger partial charge in [0.15, 0.2) is 23.1 Å². The van der Waals surface area contributed by atoms with Gasteiger partial charge < -0.3 is 30.0 Å². The Morgan fingerprint density at radius 2 is 2.06 bits per heavy atom. The molecule has 4 rings (SSSR count). The minimum absolute atomic E-state index is 0.0791. The van der Waals surface area contributed by atoms with E-state index in [4.69, 9.17) is 24.7 Å². The van der Waals surface area contributed by atoms with Crippen LogP contribution in [0.3, 0.4) is 0 Å². The number of hydrogen-bond donors (Lipinski definition) is 2. The van der Waals surface area contributed by atoms with E-state index >= 15 is 0 Å². The second-order valence-corrected chi connectivity index (χ2v) is 7.32. The van der Waals surface area contributed by atoms with Crippen molar-refractivity contribution in [1.29, 1.82) is 0 Å². The van der Waals surface area contributed by atoms with Gasteiger partial charge in [0.05, 0.1) is 31.9 Å². The molecule has 2 unspecified atom stereocenters. The smallest absolute Gasteiger partial charge is 0.167 e. The molecule has 1 aliphatic rings. The minimum atomic E-state index is -0.537. The van der Waals surface area contributed by atoms with Crippen LogP contribution in [0.15, 0.2) is 42.6 Å². The maximum atomic E-state index is 14.2. The largest absolute Gasteiger partial charge is 0.493 e. The number of rotatable bonds is 7. The first-order chi connectivity index (χ1) is 15.1. The van der Waals surface area contributed by atoms with E-state index in [-0.39, 0.29) is 17.9 Å². The van der Waals surface area contributed by atoms with E-state index < -0.39 is 5.82 Å². The number of nitrogens with one attached hydrogen (secondary N) is 1. The van der Waals surface area contributed by atoms with Gasteiger partial charge in [0.25, 0.3) is 0 Å². The highest BCUT2D eigenvalue weighted by Gasteiger charge is 2.25. The van der Waals surface area contributed by atoms with E-state index in [1.165, 1.54) is 12.1 Å². The number of anilines is 1. The van der Waals surface area contributed by atoms with Crippen molar-refractivity contribution in [1.82, 2.24) is 10.3 Å². The molecule has 31 heavy (non-hydrogen) atoms. The molecule has 1 aliphatic heterocycles. The Hall–Kier alpha value is -3.10. The summed E-state index contributed by atoms with van der Waals surface area (Å²) in [5, 5.41) is 4.12. The van der Waals surface area contributed by atoms with Crippen LogP contribution in [0.2, 0.25) is 0 Å². The third-order valence-corrected chi connectivity index (χ3v) is 5.24. The van der Waals surface area contributed by atoms with Crippen LogP contribution in [0.25, 0.3) is 10.9 Å². The van der Waals surface area contributed by atoms with Gasteiger partial charge in [0.2, 0.25) is 0 Å². The normalized spacial score (nSPS) is 17.3. The minimum Gasteiger partial charge on any atom is -0.493 e. The molecule has 1 saturated heterocycles. The molecule has 0 spiro atoms. The highest BCUT2D eigenvalue weighted by molar-refractivity contribution is 5.88. The van der Waals surface area contributed by atoms with E-state index in [1.807, 2.05) is 6.07 Å². The van der Waals surface area contributed by atoms with Gasteiger partial charge in [0.1, 0.15) is 11.9 Å². The van der Waals surface area contributed by atoms with Gasteiger partial charge in [0, 0.05) is 35.9 Å². The summed E-state index contributed by atoms with van der Waals surface area (Å²) in [5.74, 6) is 1.11. The highest BCUT2D eigenvalue weighted by Crippen LogP contribution is 2.38. The van der Waals surface area contributed by atoms with Crippen molar-refractivity contribution < 1.29 is 23.3 Å². The Morgan fingerprint density at radius 1 is 1.19 bits per heavy atom. The molecule has 2 heterocycles. The molecule has 2 atom stereocenters. The summed E-state index contributed by atoms with van der Waals surface area (Å²) in [4.78, 5) is 4.43. The molecule has 3 N–H and O–H groups in total. The molecule has 0 aliphatic carbocycles. The summed E-state index contributed by atoms with van der Waals surface area (Å²) in [6.07, 6.45) is 2.32. The van der Waals surface area contributed by atoms with Gasteiger partial charge in [-0.25, -0.2) is 4.39 Å². The molecular weight excluding hydrogens is 401 g/mol. The van der Waals surface area contributed by atoms with Crippen LogP contribution >= 0.6 is 0 Å². The standard InChI is InChI=1S/C23H26FN3O4/c1-3-19(18-13-29-9-8-27-18)30-23-12-17-15(11-22(23)28-2)20(6-7-26-17)31-21-5-4-14(25)10-16(21)24/h4-7,10-12,18-19,27H,3,8-9,13,25H2,1-2H3. The number of fused-ring (bicyclic) bond motifs is 1. The lowest BCUT2D eigenvalue weighted by atomic mass is 10.1. The lowest BCUT2D eigenvalue weighted by Gasteiger charge is -2.31. The first kappa shape index (κ1) is 21.1. The Morgan fingerprint density at radius 3 is 2.77 bits per heavy atom.